The Labute approximate surface area is 71.5 Å². The maximum Gasteiger partial charge on any atom is 0.335 e. The summed E-state index contributed by atoms with van der Waals surface area (Å²) in [5, 5.41) is 0. The molecule has 0 atom stereocenters. The van der Waals surface area contributed by atoms with Crippen LogP contribution in [0.3, 0.4) is 0 Å². The van der Waals surface area contributed by atoms with E-state index in [0.29, 0.717) is 5.75 Å². The van der Waals surface area contributed by atoms with Crippen LogP contribution in [0, 0.1) is 6.07 Å². The summed E-state index contributed by atoms with van der Waals surface area (Å²) >= 11 is 0. The van der Waals surface area contributed by atoms with Crippen molar-refractivity contribution in [3.63, 3.8) is 0 Å². The molecule has 1 radical (unpaired) electrons. The highest BCUT2D eigenvalue weighted by molar-refractivity contribution is 5.83. The zero-order valence-corrected chi connectivity index (χ0v) is 6.78. The van der Waals surface area contributed by atoms with Crippen molar-refractivity contribution in [2.24, 2.45) is 0 Å². The summed E-state index contributed by atoms with van der Waals surface area (Å²) in [7, 11) is 0. The van der Waals surface area contributed by atoms with E-state index in [2.05, 4.69) is 6.07 Å². The van der Waals surface area contributed by atoms with Gasteiger partial charge in [0.15, 0.2) is 0 Å². The van der Waals surface area contributed by atoms with Crippen LogP contribution in [0.1, 0.15) is 6.92 Å². The molecule has 0 amide bonds. The van der Waals surface area contributed by atoms with Crippen molar-refractivity contribution in [1.29, 1.82) is 0 Å². The number of esters is 1. The topological polar surface area (TPSA) is 26.3 Å². The Morgan fingerprint density at radius 3 is 2.75 bits per heavy atom. The molecule has 0 N–H and O–H groups in total. The summed E-state index contributed by atoms with van der Waals surface area (Å²) in [5.74, 6) is 0.181. The second-order valence-electron chi connectivity index (χ2n) is 2.16. The van der Waals surface area contributed by atoms with Gasteiger partial charge in [-0.15, -0.1) is 0 Å². The summed E-state index contributed by atoms with van der Waals surface area (Å²) in [6.07, 6.45) is 3.01. The number of carbonyl (C=O) groups excluding carboxylic acids is 1. The SMILES string of the molecule is CC=CC(=O)Oc1cc[c]cc1. The second-order valence-corrected chi connectivity index (χ2v) is 2.16. The van der Waals surface area contributed by atoms with E-state index in [9.17, 15) is 4.79 Å². The van der Waals surface area contributed by atoms with Crippen LogP contribution >= 0.6 is 0 Å². The largest absolute Gasteiger partial charge is 0.423 e. The van der Waals surface area contributed by atoms with Crippen LogP contribution in [0.15, 0.2) is 36.4 Å². The number of rotatable bonds is 2. The minimum absolute atomic E-state index is 0.358. The smallest absolute Gasteiger partial charge is 0.335 e. The monoisotopic (exact) mass is 161 g/mol. The number of carbonyl (C=O) groups is 1. The molecule has 0 fully saturated rings. The second kappa shape index (κ2) is 4.34. The Kier molecular flexibility index (Phi) is 3.08. The highest BCUT2D eigenvalue weighted by Gasteiger charge is 1.96. The van der Waals surface area contributed by atoms with Crippen molar-refractivity contribution in [1.82, 2.24) is 0 Å². The van der Waals surface area contributed by atoms with Crippen LogP contribution in [0.5, 0.6) is 5.75 Å². The normalized spacial score (nSPS) is 10.1. The first-order valence-corrected chi connectivity index (χ1v) is 3.63. The zero-order chi connectivity index (χ0) is 8.81. The average Bonchev–Trinajstić information content (AvgIpc) is 2.06. The highest BCUT2D eigenvalue weighted by Crippen LogP contribution is 2.07. The Morgan fingerprint density at radius 1 is 1.50 bits per heavy atom. The number of benzene rings is 1. The summed E-state index contributed by atoms with van der Waals surface area (Å²) in [4.78, 5) is 10.9. The number of hydrogen-bond donors (Lipinski definition) is 0. The average molecular weight is 161 g/mol. The van der Waals surface area contributed by atoms with Crippen molar-refractivity contribution in [3.05, 3.63) is 42.5 Å². The van der Waals surface area contributed by atoms with Crippen LogP contribution in [0.25, 0.3) is 0 Å². The van der Waals surface area contributed by atoms with Crippen molar-refractivity contribution in [2.75, 3.05) is 0 Å². The van der Waals surface area contributed by atoms with Gasteiger partial charge in [-0.25, -0.2) is 4.79 Å². The van der Waals surface area contributed by atoms with Crippen LogP contribution < -0.4 is 4.74 Å². The fraction of sp³-hybridized carbons (Fsp3) is 0.100. The van der Waals surface area contributed by atoms with Crippen LogP contribution in [0.4, 0.5) is 0 Å². The predicted molar refractivity (Wildman–Crippen MR) is 45.7 cm³/mol. The van der Waals surface area contributed by atoms with E-state index in [-0.39, 0.29) is 5.97 Å². The Bertz CT molecular complexity index is 275. The lowest BCUT2D eigenvalue weighted by molar-refractivity contribution is -0.128. The maximum atomic E-state index is 10.9. The van der Waals surface area contributed by atoms with Crippen LogP contribution in [-0.4, -0.2) is 5.97 Å². The molecule has 1 rings (SSSR count). The molecule has 2 nitrogen and oxygen atoms in total. The molecule has 0 heterocycles. The molecule has 1 aromatic rings. The van der Waals surface area contributed by atoms with Crippen molar-refractivity contribution < 1.29 is 9.53 Å². The van der Waals surface area contributed by atoms with Gasteiger partial charge < -0.3 is 4.74 Å². The molecule has 0 saturated carbocycles. The first-order valence-electron chi connectivity index (χ1n) is 3.63. The van der Waals surface area contributed by atoms with Gasteiger partial charge in [0.2, 0.25) is 0 Å². The van der Waals surface area contributed by atoms with Crippen molar-refractivity contribution >= 4 is 5.97 Å². The van der Waals surface area contributed by atoms with Crippen LogP contribution in [-0.2, 0) is 4.79 Å². The molecule has 2 heteroatoms. The minimum Gasteiger partial charge on any atom is -0.423 e. The van der Waals surface area contributed by atoms with E-state index in [1.54, 1.807) is 37.3 Å². The van der Waals surface area contributed by atoms with E-state index < -0.39 is 0 Å². The van der Waals surface area contributed by atoms with E-state index in [0.717, 1.165) is 0 Å². The maximum absolute atomic E-state index is 10.9. The van der Waals surface area contributed by atoms with Gasteiger partial charge in [-0.05, 0) is 25.1 Å². The Morgan fingerprint density at radius 2 is 2.17 bits per heavy atom. The minimum atomic E-state index is -0.358. The number of ether oxygens (including phenoxy) is 1. The molecule has 0 unspecified atom stereocenters. The third-order valence-electron chi connectivity index (χ3n) is 1.21. The molecule has 61 valence electrons. The van der Waals surface area contributed by atoms with Gasteiger partial charge in [-0.1, -0.05) is 18.2 Å². The van der Waals surface area contributed by atoms with Crippen molar-refractivity contribution in [3.8, 4) is 5.75 Å². The third-order valence-corrected chi connectivity index (χ3v) is 1.21. The fourth-order valence-corrected chi connectivity index (χ4v) is 0.726. The molecule has 0 aromatic heterocycles. The van der Waals surface area contributed by atoms with E-state index in [1.807, 2.05) is 0 Å². The molecule has 0 aliphatic rings. The van der Waals surface area contributed by atoms with Gasteiger partial charge in [-0.2, -0.15) is 0 Å². The van der Waals surface area contributed by atoms with Gasteiger partial charge in [0.05, 0.1) is 0 Å². The summed E-state index contributed by atoms with van der Waals surface area (Å²) in [6, 6.07) is 9.58. The molecular formula is C10H9O2. The van der Waals surface area contributed by atoms with E-state index in [4.69, 9.17) is 4.74 Å². The fourth-order valence-electron chi connectivity index (χ4n) is 0.726. The van der Waals surface area contributed by atoms with Gasteiger partial charge >= 0.3 is 5.97 Å². The Balaban J connectivity index is 2.59. The molecule has 0 bridgehead atoms. The predicted octanol–water partition coefficient (Wildman–Crippen LogP) is 1.97. The molecule has 0 spiro atoms. The molecule has 0 aliphatic heterocycles. The van der Waals surface area contributed by atoms with E-state index in [1.165, 1.54) is 6.08 Å². The van der Waals surface area contributed by atoms with E-state index >= 15 is 0 Å². The van der Waals surface area contributed by atoms with Gasteiger partial charge in [0.25, 0.3) is 0 Å². The standard InChI is InChI=1S/C10H9O2/c1-2-6-10(11)12-9-7-4-3-5-8-9/h2,4-8H,1H3. The third kappa shape index (κ3) is 2.58. The number of hydrogen-bond acceptors (Lipinski definition) is 2. The van der Waals surface area contributed by atoms with Crippen LogP contribution in [0.2, 0.25) is 0 Å². The first kappa shape index (κ1) is 8.53. The molecule has 1 aromatic carbocycles. The van der Waals surface area contributed by atoms with Crippen molar-refractivity contribution in [2.45, 2.75) is 6.92 Å². The Hall–Kier alpha value is -1.57. The summed E-state index contributed by atoms with van der Waals surface area (Å²) < 4.78 is 4.91. The lowest BCUT2D eigenvalue weighted by Crippen LogP contribution is -2.02. The molecule has 12 heavy (non-hydrogen) atoms. The molecular weight excluding hydrogens is 152 g/mol. The molecule has 0 saturated heterocycles. The zero-order valence-electron chi connectivity index (χ0n) is 6.78. The summed E-state index contributed by atoms with van der Waals surface area (Å²) in [5.41, 5.74) is 0. The lowest BCUT2D eigenvalue weighted by atomic mass is 10.3. The van der Waals surface area contributed by atoms with Gasteiger partial charge in [0.1, 0.15) is 5.75 Å². The van der Waals surface area contributed by atoms with Gasteiger partial charge in [0, 0.05) is 6.08 Å². The molecule has 0 aliphatic carbocycles. The lowest BCUT2D eigenvalue weighted by Gasteiger charge is -1.98. The quantitative estimate of drug-likeness (QED) is 0.376. The first-order chi connectivity index (χ1) is 5.83. The van der Waals surface area contributed by atoms with Gasteiger partial charge in [-0.3, -0.25) is 0 Å². The summed E-state index contributed by atoms with van der Waals surface area (Å²) in [6.45, 7) is 1.76. The highest BCUT2D eigenvalue weighted by atomic mass is 16.5. The number of allylic oxidation sites excluding steroid dienone is 1.